The molecule has 1 aromatic carbocycles. The van der Waals surface area contributed by atoms with E-state index in [1.165, 1.54) is 22.6 Å². The van der Waals surface area contributed by atoms with Crippen molar-refractivity contribution in [3.05, 3.63) is 87.0 Å². The fourth-order valence-electron chi connectivity index (χ4n) is 3.68. The molecule has 3 aromatic heterocycles. The highest BCUT2D eigenvalue weighted by molar-refractivity contribution is 7.12. The standard InChI is InChI=1S/C27H25N5OS/c1-17-3-4-21(27(33)30-15-24-9-10-25(34-24)18-5-6-18)11-19(17)7-8-20-12-22(13-29-26(20)28)23-14-31-32(2)16-23/h3-4,9-14,16,18H,5-6,15H2,1-2H3,(H2,28,29)(H,30,33). The number of nitrogens with zero attached hydrogens (tertiary/aromatic N) is 3. The fourth-order valence-corrected chi connectivity index (χ4v) is 4.80. The minimum Gasteiger partial charge on any atom is -0.383 e. The van der Waals surface area contributed by atoms with Crippen LogP contribution in [0.15, 0.2) is 55.0 Å². The van der Waals surface area contributed by atoms with Crippen molar-refractivity contribution >= 4 is 23.1 Å². The summed E-state index contributed by atoms with van der Waals surface area (Å²) < 4.78 is 1.74. The smallest absolute Gasteiger partial charge is 0.251 e. The van der Waals surface area contributed by atoms with Crippen molar-refractivity contribution in [3.63, 3.8) is 0 Å². The molecule has 7 heteroatoms. The summed E-state index contributed by atoms with van der Waals surface area (Å²) in [5, 5.41) is 7.24. The summed E-state index contributed by atoms with van der Waals surface area (Å²) in [4.78, 5) is 19.7. The van der Waals surface area contributed by atoms with Crippen LogP contribution < -0.4 is 11.1 Å². The zero-order valence-corrected chi connectivity index (χ0v) is 19.9. The van der Waals surface area contributed by atoms with Gasteiger partial charge in [-0.15, -0.1) is 11.3 Å². The van der Waals surface area contributed by atoms with Crippen LogP contribution in [0.4, 0.5) is 5.82 Å². The Morgan fingerprint density at radius 3 is 2.74 bits per heavy atom. The number of nitrogens with one attached hydrogen (secondary N) is 1. The Bertz CT molecular complexity index is 1430. The Balaban J connectivity index is 1.33. The maximum Gasteiger partial charge on any atom is 0.251 e. The number of benzene rings is 1. The molecule has 1 aliphatic rings. The van der Waals surface area contributed by atoms with Crippen LogP contribution in [-0.2, 0) is 13.6 Å². The van der Waals surface area contributed by atoms with Crippen LogP contribution in [0.2, 0.25) is 0 Å². The average molecular weight is 468 g/mol. The highest BCUT2D eigenvalue weighted by atomic mass is 32.1. The van der Waals surface area contributed by atoms with Crippen LogP contribution in [0.3, 0.4) is 0 Å². The molecule has 1 amide bonds. The van der Waals surface area contributed by atoms with Crippen LogP contribution in [0, 0.1) is 18.8 Å². The molecule has 4 aromatic rings. The van der Waals surface area contributed by atoms with Gasteiger partial charge < -0.3 is 11.1 Å². The summed E-state index contributed by atoms with van der Waals surface area (Å²) in [7, 11) is 1.87. The van der Waals surface area contributed by atoms with Gasteiger partial charge in [0.25, 0.3) is 5.91 Å². The first-order valence-electron chi connectivity index (χ1n) is 11.2. The number of aromatic nitrogens is 3. The minimum absolute atomic E-state index is 0.107. The number of pyridine rings is 1. The number of carbonyl (C=O) groups excluding carboxylic acids is 1. The molecule has 3 N–H and O–H groups in total. The molecule has 1 saturated carbocycles. The third-order valence-corrected chi connectivity index (χ3v) is 7.12. The molecule has 0 atom stereocenters. The van der Waals surface area contributed by atoms with Crippen molar-refractivity contribution in [1.29, 1.82) is 0 Å². The van der Waals surface area contributed by atoms with Gasteiger partial charge in [0, 0.05) is 51.4 Å². The first-order valence-corrected chi connectivity index (χ1v) is 12.0. The number of amides is 1. The maximum absolute atomic E-state index is 12.8. The summed E-state index contributed by atoms with van der Waals surface area (Å²) in [6.07, 6.45) is 7.98. The summed E-state index contributed by atoms with van der Waals surface area (Å²) in [6, 6.07) is 11.8. The van der Waals surface area contributed by atoms with E-state index in [1.807, 2.05) is 44.4 Å². The number of aryl methyl sites for hydroxylation is 2. The molecule has 0 bridgehead atoms. The predicted molar refractivity (Wildman–Crippen MR) is 135 cm³/mol. The van der Waals surface area contributed by atoms with Gasteiger partial charge in [-0.25, -0.2) is 4.98 Å². The van der Waals surface area contributed by atoms with Gasteiger partial charge in [0.05, 0.1) is 18.3 Å². The molecule has 5 rings (SSSR count). The number of rotatable bonds is 5. The Kier molecular flexibility index (Phi) is 5.91. The lowest BCUT2D eigenvalue weighted by atomic mass is 10.0. The fraction of sp³-hybridized carbons (Fsp3) is 0.222. The molecular weight excluding hydrogens is 442 g/mol. The molecule has 0 radical (unpaired) electrons. The first-order chi connectivity index (χ1) is 16.5. The molecule has 1 fully saturated rings. The lowest BCUT2D eigenvalue weighted by molar-refractivity contribution is 0.0951. The van der Waals surface area contributed by atoms with Gasteiger partial charge >= 0.3 is 0 Å². The van der Waals surface area contributed by atoms with E-state index in [4.69, 9.17) is 5.73 Å². The molecular formula is C27H25N5OS. The third kappa shape index (κ3) is 4.87. The topological polar surface area (TPSA) is 85.8 Å². The zero-order chi connectivity index (χ0) is 23.7. The number of hydrogen-bond donors (Lipinski definition) is 2. The van der Waals surface area contributed by atoms with Crippen LogP contribution in [0.25, 0.3) is 11.1 Å². The Morgan fingerprint density at radius 2 is 1.97 bits per heavy atom. The van der Waals surface area contributed by atoms with Crippen LogP contribution in [-0.4, -0.2) is 20.7 Å². The normalized spacial score (nSPS) is 12.8. The van der Waals surface area contributed by atoms with Crippen molar-refractivity contribution in [2.24, 2.45) is 7.05 Å². The number of hydrogen-bond acceptors (Lipinski definition) is 5. The minimum atomic E-state index is -0.107. The van der Waals surface area contributed by atoms with Crippen LogP contribution in [0.1, 0.15) is 55.6 Å². The van der Waals surface area contributed by atoms with E-state index < -0.39 is 0 Å². The summed E-state index contributed by atoms with van der Waals surface area (Å²) >= 11 is 1.79. The number of nitrogen functional groups attached to an aromatic ring is 1. The second kappa shape index (κ2) is 9.16. The lowest BCUT2D eigenvalue weighted by Gasteiger charge is -2.06. The van der Waals surface area contributed by atoms with E-state index in [2.05, 4.69) is 39.4 Å². The van der Waals surface area contributed by atoms with Crippen molar-refractivity contribution in [1.82, 2.24) is 20.1 Å². The maximum atomic E-state index is 12.8. The summed E-state index contributed by atoms with van der Waals surface area (Å²) in [5.41, 5.74) is 10.9. The van der Waals surface area contributed by atoms with Crippen LogP contribution in [0.5, 0.6) is 0 Å². The van der Waals surface area contributed by atoms with Crippen molar-refractivity contribution < 1.29 is 4.79 Å². The van der Waals surface area contributed by atoms with E-state index in [9.17, 15) is 4.79 Å². The summed E-state index contributed by atoms with van der Waals surface area (Å²) in [5.74, 6) is 7.31. The molecule has 3 heterocycles. The van der Waals surface area contributed by atoms with Crippen molar-refractivity contribution in [2.45, 2.75) is 32.2 Å². The number of thiophene rings is 1. The quantitative estimate of drug-likeness (QED) is 0.419. The van der Waals surface area contributed by atoms with Crippen molar-refractivity contribution in [3.8, 4) is 23.0 Å². The first kappa shape index (κ1) is 21.9. The molecule has 0 aliphatic heterocycles. The van der Waals surface area contributed by atoms with Crippen LogP contribution >= 0.6 is 11.3 Å². The van der Waals surface area contributed by atoms with Gasteiger partial charge in [0.2, 0.25) is 0 Å². The molecule has 0 spiro atoms. The molecule has 6 nitrogen and oxygen atoms in total. The van der Waals surface area contributed by atoms with Gasteiger partial charge in [-0.3, -0.25) is 9.48 Å². The highest BCUT2D eigenvalue weighted by Crippen LogP contribution is 2.43. The van der Waals surface area contributed by atoms with Gasteiger partial charge in [-0.05, 0) is 61.6 Å². The largest absolute Gasteiger partial charge is 0.383 e. The molecule has 34 heavy (non-hydrogen) atoms. The predicted octanol–water partition coefficient (Wildman–Crippen LogP) is 4.64. The van der Waals surface area contributed by atoms with E-state index in [1.54, 1.807) is 28.4 Å². The van der Waals surface area contributed by atoms with E-state index in [-0.39, 0.29) is 5.91 Å². The van der Waals surface area contributed by atoms with E-state index in [0.717, 1.165) is 28.2 Å². The highest BCUT2D eigenvalue weighted by Gasteiger charge is 2.25. The van der Waals surface area contributed by atoms with Crippen molar-refractivity contribution in [2.75, 3.05) is 5.73 Å². The molecule has 1 aliphatic carbocycles. The van der Waals surface area contributed by atoms with E-state index in [0.29, 0.717) is 23.5 Å². The number of carbonyl (C=O) groups is 1. The van der Waals surface area contributed by atoms with Gasteiger partial charge in [-0.2, -0.15) is 5.10 Å². The van der Waals surface area contributed by atoms with E-state index >= 15 is 0 Å². The monoisotopic (exact) mass is 467 g/mol. The average Bonchev–Trinajstić information content (AvgIpc) is 3.42. The Labute approximate surface area is 202 Å². The third-order valence-electron chi connectivity index (χ3n) is 5.87. The zero-order valence-electron chi connectivity index (χ0n) is 19.1. The Hall–Kier alpha value is -3.89. The Morgan fingerprint density at radius 1 is 1.15 bits per heavy atom. The number of anilines is 1. The summed E-state index contributed by atoms with van der Waals surface area (Å²) in [6.45, 7) is 2.51. The lowest BCUT2D eigenvalue weighted by Crippen LogP contribution is -2.22. The van der Waals surface area contributed by atoms with Gasteiger partial charge in [0.1, 0.15) is 5.82 Å². The molecule has 0 unspecified atom stereocenters. The molecule has 0 saturated heterocycles. The van der Waals surface area contributed by atoms with Gasteiger partial charge in [0.15, 0.2) is 0 Å². The SMILES string of the molecule is Cc1ccc(C(=O)NCc2ccc(C3CC3)s2)cc1C#Cc1cc(-c2cnn(C)c2)cnc1N. The second-order valence-corrected chi connectivity index (χ2v) is 9.80. The number of nitrogens with two attached hydrogens (primary N) is 1. The molecule has 170 valence electrons. The second-order valence-electron chi connectivity index (χ2n) is 8.60. The van der Waals surface area contributed by atoms with Gasteiger partial charge in [-0.1, -0.05) is 17.9 Å².